The maximum absolute atomic E-state index is 12.4. The van der Waals surface area contributed by atoms with Crippen molar-refractivity contribution in [3.8, 4) is 0 Å². The SMILES string of the molecule is O=c1[nH]cnc(Nc2ccccc2SC(F)F)c1I. The van der Waals surface area contributed by atoms with Crippen molar-refractivity contribution in [3.63, 3.8) is 0 Å². The summed E-state index contributed by atoms with van der Waals surface area (Å²) in [5.74, 6) is -2.17. The molecule has 4 nitrogen and oxygen atoms in total. The van der Waals surface area contributed by atoms with E-state index in [1.54, 1.807) is 24.3 Å². The number of anilines is 2. The fraction of sp³-hybridized carbons (Fsp3) is 0.0909. The third kappa shape index (κ3) is 3.66. The van der Waals surface area contributed by atoms with Crippen molar-refractivity contribution in [1.82, 2.24) is 9.97 Å². The van der Waals surface area contributed by atoms with Gasteiger partial charge in [0, 0.05) is 4.90 Å². The summed E-state index contributed by atoms with van der Waals surface area (Å²) in [4.78, 5) is 18.2. The fourth-order valence-electron chi connectivity index (χ4n) is 1.37. The Morgan fingerprint density at radius 1 is 1.37 bits per heavy atom. The highest BCUT2D eigenvalue weighted by molar-refractivity contribution is 14.1. The summed E-state index contributed by atoms with van der Waals surface area (Å²) >= 11 is 2.29. The number of para-hydroxylation sites is 1. The molecule has 2 rings (SSSR count). The van der Waals surface area contributed by atoms with Crippen LogP contribution in [0.4, 0.5) is 20.3 Å². The van der Waals surface area contributed by atoms with E-state index in [0.717, 1.165) is 0 Å². The molecule has 0 saturated carbocycles. The topological polar surface area (TPSA) is 57.8 Å². The van der Waals surface area contributed by atoms with Crippen LogP contribution >= 0.6 is 34.4 Å². The maximum Gasteiger partial charge on any atom is 0.288 e. The van der Waals surface area contributed by atoms with Crippen LogP contribution in [0.2, 0.25) is 0 Å². The summed E-state index contributed by atoms with van der Waals surface area (Å²) < 4.78 is 25.3. The van der Waals surface area contributed by atoms with Crippen LogP contribution in [0, 0.1) is 3.57 Å². The third-order valence-corrected chi connectivity index (χ3v) is 3.94. The number of hydrogen-bond donors (Lipinski definition) is 2. The van der Waals surface area contributed by atoms with E-state index in [1.807, 2.05) is 22.6 Å². The largest absolute Gasteiger partial charge is 0.338 e. The fourth-order valence-corrected chi connectivity index (χ4v) is 2.39. The van der Waals surface area contributed by atoms with Crippen LogP contribution in [0.25, 0.3) is 0 Å². The summed E-state index contributed by atoms with van der Waals surface area (Å²) in [6.07, 6.45) is 1.26. The van der Waals surface area contributed by atoms with E-state index >= 15 is 0 Å². The van der Waals surface area contributed by atoms with Gasteiger partial charge in [-0.25, -0.2) is 4.98 Å². The maximum atomic E-state index is 12.4. The first-order valence-corrected chi connectivity index (χ1v) is 7.08. The number of halogens is 3. The average Bonchev–Trinajstić information content (AvgIpc) is 2.36. The number of H-pyrrole nitrogens is 1. The number of aromatic nitrogens is 2. The molecule has 1 aromatic heterocycles. The smallest absolute Gasteiger partial charge is 0.288 e. The second kappa shape index (κ2) is 6.33. The van der Waals surface area contributed by atoms with Gasteiger partial charge in [-0.2, -0.15) is 8.78 Å². The number of alkyl halides is 2. The zero-order chi connectivity index (χ0) is 13.8. The van der Waals surface area contributed by atoms with Gasteiger partial charge < -0.3 is 10.3 Å². The van der Waals surface area contributed by atoms with Crippen molar-refractivity contribution in [1.29, 1.82) is 0 Å². The summed E-state index contributed by atoms with van der Waals surface area (Å²) in [6.45, 7) is 0. The first-order chi connectivity index (χ1) is 9.08. The Hall–Kier alpha value is -1.16. The molecule has 0 saturated heterocycles. The second-order valence-corrected chi connectivity index (χ2v) is 5.50. The van der Waals surface area contributed by atoms with Crippen LogP contribution in [0.15, 0.2) is 40.3 Å². The second-order valence-electron chi connectivity index (χ2n) is 3.39. The first kappa shape index (κ1) is 14.3. The molecule has 0 fully saturated rings. The Balaban J connectivity index is 2.33. The number of nitrogens with zero attached hydrogens (tertiary/aromatic N) is 1. The molecule has 2 aromatic rings. The van der Waals surface area contributed by atoms with Crippen LogP contribution in [0.1, 0.15) is 0 Å². The van der Waals surface area contributed by atoms with Gasteiger partial charge in [-0.1, -0.05) is 23.9 Å². The molecule has 1 heterocycles. The summed E-state index contributed by atoms with van der Waals surface area (Å²) in [5, 5.41) is 2.89. The number of hydrogen-bond acceptors (Lipinski definition) is 4. The number of nitrogens with one attached hydrogen (secondary N) is 2. The van der Waals surface area contributed by atoms with Crippen molar-refractivity contribution in [2.45, 2.75) is 10.7 Å². The minimum absolute atomic E-state index is 0.280. The van der Waals surface area contributed by atoms with Crippen molar-refractivity contribution in [2.24, 2.45) is 0 Å². The molecule has 19 heavy (non-hydrogen) atoms. The highest BCUT2D eigenvalue weighted by Crippen LogP contribution is 2.33. The van der Waals surface area contributed by atoms with Gasteiger partial charge >= 0.3 is 0 Å². The number of benzene rings is 1. The van der Waals surface area contributed by atoms with Gasteiger partial charge in [-0.15, -0.1) is 0 Å². The number of rotatable bonds is 4. The zero-order valence-electron chi connectivity index (χ0n) is 9.36. The normalized spacial score (nSPS) is 10.7. The molecule has 0 unspecified atom stereocenters. The van der Waals surface area contributed by atoms with Crippen LogP contribution in [0.3, 0.4) is 0 Å². The molecule has 0 spiro atoms. The molecule has 0 atom stereocenters. The Morgan fingerprint density at radius 3 is 2.84 bits per heavy atom. The Morgan fingerprint density at radius 2 is 2.11 bits per heavy atom. The minimum Gasteiger partial charge on any atom is -0.338 e. The van der Waals surface area contributed by atoms with Gasteiger partial charge in [0.15, 0.2) is 5.82 Å². The highest BCUT2D eigenvalue weighted by Gasteiger charge is 2.12. The van der Waals surface area contributed by atoms with E-state index in [4.69, 9.17) is 0 Å². The predicted octanol–water partition coefficient (Wildman–Crippen LogP) is 3.43. The standard InChI is InChI=1S/C11H8F2IN3OS/c12-11(13)19-7-4-2-1-3-6(7)17-9-8(14)10(18)16-5-15-9/h1-5,11H,(H2,15,16,17,18). The molecule has 1 aromatic carbocycles. The molecule has 0 aliphatic heterocycles. The predicted molar refractivity (Wildman–Crippen MR) is 79.2 cm³/mol. The van der Waals surface area contributed by atoms with E-state index in [1.165, 1.54) is 6.33 Å². The van der Waals surface area contributed by atoms with E-state index in [2.05, 4.69) is 15.3 Å². The monoisotopic (exact) mass is 395 g/mol. The molecule has 0 bridgehead atoms. The highest BCUT2D eigenvalue weighted by atomic mass is 127. The molecule has 0 aliphatic carbocycles. The molecule has 2 N–H and O–H groups in total. The average molecular weight is 395 g/mol. The van der Waals surface area contributed by atoms with Crippen LogP contribution in [0.5, 0.6) is 0 Å². The van der Waals surface area contributed by atoms with Crippen LogP contribution in [-0.4, -0.2) is 15.7 Å². The molecule has 0 aliphatic rings. The Bertz CT molecular complexity index is 635. The summed E-state index contributed by atoms with van der Waals surface area (Å²) in [5.41, 5.74) is 0.209. The Labute approximate surface area is 125 Å². The van der Waals surface area contributed by atoms with E-state index in [-0.39, 0.29) is 5.56 Å². The molecule has 0 radical (unpaired) electrons. The van der Waals surface area contributed by atoms with Gasteiger partial charge in [0.1, 0.15) is 3.57 Å². The number of aromatic amines is 1. The van der Waals surface area contributed by atoms with E-state index in [0.29, 0.717) is 31.7 Å². The lowest BCUT2D eigenvalue weighted by Crippen LogP contribution is -2.13. The van der Waals surface area contributed by atoms with Gasteiger partial charge in [-0.05, 0) is 34.7 Å². The van der Waals surface area contributed by atoms with Gasteiger partial charge in [0.25, 0.3) is 11.3 Å². The molecule has 0 amide bonds. The summed E-state index contributed by atoms with van der Waals surface area (Å²) in [7, 11) is 0. The van der Waals surface area contributed by atoms with Gasteiger partial charge in [-0.3, -0.25) is 4.79 Å². The third-order valence-electron chi connectivity index (χ3n) is 2.15. The lowest BCUT2D eigenvalue weighted by Gasteiger charge is -2.11. The molecule has 8 heteroatoms. The van der Waals surface area contributed by atoms with Crippen LogP contribution in [-0.2, 0) is 0 Å². The number of thioether (sulfide) groups is 1. The lowest BCUT2D eigenvalue weighted by molar-refractivity contribution is 0.252. The minimum atomic E-state index is -2.51. The van der Waals surface area contributed by atoms with Crippen molar-refractivity contribution in [2.75, 3.05) is 5.32 Å². The quantitative estimate of drug-likeness (QED) is 0.616. The van der Waals surface area contributed by atoms with E-state index in [9.17, 15) is 13.6 Å². The van der Waals surface area contributed by atoms with Gasteiger partial charge in [0.05, 0.1) is 12.0 Å². The molecular weight excluding hydrogens is 387 g/mol. The summed E-state index contributed by atoms with van der Waals surface area (Å²) in [6, 6.07) is 6.63. The van der Waals surface area contributed by atoms with Crippen LogP contribution < -0.4 is 10.9 Å². The Kier molecular flexibility index (Phi) is 4.75. The molecule has 100 valence electrons. The lowest BCUT2D eigenvalue weighted by atomic mass is 10.3. The van der Waals surface area contributed by atoms with Gasteiger partial charge in [0.2, 0.25) is 0 Å². The van der Waals surface area contributed by atoms with E-state index < -0.39 is 5.76 Å². The van der Waals surface area contributed by atoms with Crippen molar-refractivity contribution in [3.05, 3.63) is 44.5 Å². The van der Waals surface area contributed by atoms with Crippen molar-refractivity contribution >= 4 is 45.9 Å². The van der Waals surface area contributed by atoms with Crippen molar-refractivity contribution < 1.29 is 8.78 Å². The zero-order valence-corrected chi connectivity index (χ0v) is 12.3. The molecular formula is C11H8F2IN3OS. The first-order valence-electron chi connectivity index (χ1n) is 5.12.